The summed E-state index contributed by atoms with van der Waals surface area (Å²) in [6, 6.07) is 20.9. The SMILES string of the molecule is CC(C)(C)[Si](OC[C@@H]1CN(C(=O)O)CC(CCCCN)O1)(c1ccccc1)c1ccccc1. The van der Waals surface area contributed by atoms with Crippen molar-refractivity contribution in [2.24, 2.45) is 5.73 Å². The lowest BCUT2D eigenvalue weighted by atomic mass is 10.1. The first kappa shape index (κ1) is 25.4. The molecule has 1 aliphatic rings. The number of rotatable bonds is 9. The van der Waals surface area contributed by atoms with Crippen LogP contribution in [0.25, 0.3) is 0 Å². The van der Waals surface area contributed by atoms with Gasteiger partial charge in [0.1, 0.15) is 0 Å². The van der Waals surface area contributed by atoms with Gasteiger partial charge < -0.3 is 24.9 Å². The van der Waals surface area contributed by atoms with Crippen molar-refractivity contribution < 1.29 is 19.1 Å². The molecule has 1 saturated heterocycles. The molecule has 3 N–H and O–H groups in total. The van der Waals surface area contributed by atoms with Crippen LogP contribution < -0.4 is 16.1 Å². The molecule has 1 amide bonds. The van der Waals surface area contributed by atoms with Crippen molar-refractivity contribution in [2.75, 3.05) is 26.2 Å². The second kappa shape index (κ2) is 11.3. The zero-order chi connectivity index (χ0) is 23.9. The highest BCUT2D eigenvalue weighted by Gasteiger charge is 2.50. The van der Waals surface area contributed by atoms with Crippen LogP contribution in [-0.4, -0.2) is 62.9 Å². The number of hydrogen-bond acceptors (Lipinski definition) is 4. The third kappa shape index (κ3) is 6.03. The van der Waals surface area contributed by atoms with Crippen LogP contribution in [0.4, 0.5) is 4.79 Å². The monoisotopic (exact) mass is 470 g/mol. The summed E-state index contributed by atoms with van der Waals surface area (Å²) in [4.78, 5) is 13.3. The fourth-order valence-corrected chi connectivity index (χ4v) is 9.42. The molecule has 0 radical (unpaired) electrons. The number of carboxylic acid groups (broad SMARTS) is 1. The van der Waals surface area contributed by atoms with E-state index in [1.54, 1.807) is 0 Å². The number of ether oxygens (including phenoxy) is 1. The van der Waals surface area contributed by atoms with Crippen molar-refractivity contribution in [2.45, 2.75) is 57.3 Å². The molecule has 3 rings (SSSR count). The molecule has 0 aromatic heterocycles. The molecular weight excluding hydrogens is 432 g/mol. The molecule has 1 unspecified atom stereocenters. The van der Waals surface area contributed by atoms with Crippen LogP contribution >= 0.6 is 0 Å². The van der Waals surface area contributed by atoms with Crippen molar-refractivity contribution in [3.05, 3.63) is 60.7 Å². The summed E-state index contributed by atoms with van der Waals surface area (Å²) in [5.74, 6) is 0. The quantitative estimate of drug-likeness (QED) is 0.433. The molecule has 180 valence electrons. The number of carbonyl (C=O) groups is 1. The first-order valence-electron chi connectivity index (χ1n) is 11.9. The van der Waals surface area contributed by atoms with E-state index in [-0.39, 0.29) is 17.2 Å². The predicted octanol–water partition coefficient (Wildman–Crippen LogP) is 3.44. The van der Waals surface area contributed by atoms with E-state index >= 15 is 0 Å². The third-order valence-corrected chi connectivity index (χ3v) is 11.4. The van der Waals surface area contributed by atoms with E-state index in [9.17, 15) is 9.90 Å². The highest BCUT2D eigenvalue weighted by atomic mass is 28.4. The third-order valence-electron chi connectivity index (χ3n) is 6.39. The Kier molecular flexibility index (Phi) is 8.70. The van der Waals surface area contributed by atoms with E-state index in [2.05, 4.69) is 69.3 Å². The van der Waals surface area contributed by atoms with E-state index in [1.807, 2.05) is 12.1 Å². The molecule has 2 aromatic rings. The lowest BCUT2D eigenvalue weighted by molar-refractivity contribution is -0.0957. The van der Waals surface area contributed by atoms with Crippen LogP contribution in [-0.2, 0) is 9.16 Å². The number of hydrogen-bond donors (Lipinski definition) is 2. The number of benzene rings is 2. The maximum absolute atomic E-state index is 11.8. The molecular formula is C26H38N2O4Si. The first-order valence-corrected chi connectivity index (χ1v) is 13.8. The van der Waals surface area contributed by atoms with Crippen molar-refractivity contribution >= 4 is 24.8 Å². The van der Waals surface area contributed by atoms with Crippen LogP contribution in [0.15, 0.2) is 60.7 Å². The smallest absolute Gasteiger partial charge is 0.407 e. The summed E-state index contributed by atoms with van der Waals surface area (Å²) in [5, 5.41) is 11.9. The van der Waals surface area contributed by atoms with Gasteiger partial charge in [0, 0.05) is 0 Å². The van der Waals surface area contributed by atoms with Gasteiger partial charge in [-0.2, -0.15) is 0 Å². The first-order chi connectivity index (χ1) is 15.8. The Bertz CT molecular complexity index is 833. The minimum Gasteiger partial charge on any atom is -0.465 e. The molecule has 0 spiro atoms. The van der Waals surface area contributed by atoms with Crippen LogP contribution in [0, 0.1) is 0 Å². The van der Waals surface area contributed by atoms with Gasteiger partial charge in [0.25, 0.3) is 8.32 Å². The average Bonchev–Trinajstić information content (AvgIpc) is 2.80. The number of nitrogens with zero attached hydrogens (tertiary/aromatic N) is 1. The Morgan fingerprint density at radius 1 is 1.03 bits per heavy atom. The Morgan fingerprint density at radius 3 is 2.06 bits per heavy atom. The zero-order valence-corrected chi connectivity index (χ0v) is 21.1. The Balaban J connectivity index is 1.89. The zero-order valence-electron chi connectivity index (χ0n) is 20.1. The van der Waals surface area contributed by atoms with Crippen molar-refractivity contribution in [1.82, 2.24) is 4.90 Å². The molecule has 1 aliphatic heterocycles. The van der Waals surface area contributed by atoms with Crippen molar-refractivity contribution in [3.8, 4) is 0 Å². The molecule has 1 fully saturated rings. The van der Waals surface area contributed by atoms with Gasteiger partial charge in [-0.15, -0.1) is 0 Å². The number of morpholine rings is 1. The van der Waals surface area contributed by atoms with Crippen LogP contribution in [0.2, 0.25) is 5.04 Å². The highest BCUT2D eigenvalue weighted by molar-refractivity contribution is 6.99. The van der Waals surface area contributed by atoms with Crippen LogP contribution in [0.5, 0.6) is 0 Å². The molecule has 0 aliphatic carbocycles. The number of amides is 1. The van der Waals surface area contributed by atoms with Gasteiger partial charge in [-0.05, 0) is 41.2 Å². The molecule has 33 heavy (non-hydrogen) atoms. The average molecular weight is 471 g/mol. The van der Waals surface area contributed by atoms with E-state index < -0.39 is 14.4 Å². The molecule has 1 heterocycles. The van der Waals surface area contributed by atoms with E-state index in [0.717, 1.165) is 19.3 Å². The van der Waals surface area contributed by atoms with Gasteiger partial charge in [0.15, 0.2) is 0 Å². The summed E-state index contributed by atoms with van der Waals surface area (Å²) in [5.41, 5.74) is 5.63. The van der Waals surface area contributed by atoms with Crippen molar-refractivity contribution in [3.63, 3.8) is 0 Å². The molecule has 2 atom stereocenters. The van der Waals surface area contributed by atoms with Gasteiger partial charge in [-0.25, -0.2) is 4.79 Å². The fourth-order valence-electron chi connectivity index (χ4n) is 4.83. The molecule has 6 nitrogen and oxygen atoms in total. The fraction of sp³-hybridized carbons (Fsp3) is 0.500. The largest absolute Gasteiger partial charge is 0.465 e. The Morgan fingerprint density at radius 2 is 1.58 bits per heavy atom. The second-order valence-electron chi connectivity index (χ2n) is 9.83. The standard InChI is InChI=1S/C26H38N2O4Si/c1-26(2,3)33(23-13-6-4-7-14-23,24-15-8-5-9-16-24)31-20-22-19-28(25(29)30)18-21(32-22)12-10-11-17-27/h4-9,13-16,21-22H,10-12,17-20,27H2,1-3H3,(H,29,30)/t21?,22-/m0/s1. The summed E-state index contributed by atoms with van der Waals surface area (Å²) in [6.45, 7) is 8.41. The number of nitrogens with two attached hydrogens (primary N) is 1. The van der Waals surface area contributed by atoms with Gasteiger partial charge in [-0.3, -0.25) is 0 Å². The second-order valence-corrected chi connectivity index (χ2v) is 14.1. The highest BCUT2D eigenvalue weighted by Crippen LogP contribution is 2.37. The summed E-state index contributed by atoms with van der Waals surface area (Å²) < 4.78 is 13.3. The van der Waals surface area contributed by atoms with Crippen LogP contribution in [0.3, 0.4) is 0 Å². The lowest BCUT2D eigenvalue weighted by Crippen LogP contribution is -2.67. The predicted molar refractivity (Wildman–Crippen MR) is 135 cm³/mol. The van der Waals surface area contributed by atoms with E-state index in [1.165, 1.54) is 15.3 Å². The van der Waals surface area contributed by atoms with E-state index in [4.69, 9.17) is 14.9 Å². The molecule has 0 bridgehead atoms. The topological polar surface area (TPSA) is 85.0 Å². The summed E-state index contributed by atoms with van der Waals surface area (Å²) in [6.07, 6.45) is 1.30. The summed E-state index contributed by atoms with van der Waals surface area (Å²) in [7, 11) is -2.70. The molecule has 2 aromatic carbocycles. The molecule has 0 saturated carbocycles. The van der Waals surface area contributed by atoms with Gasteiger partial charge in [0.05, 0.1) is 31.9 Å². The number of unbranched alkanes of at least 4 members (excludes halogenated alkanes) is 1. The Labute approximate surface area is 198 Å². The van der Waals surface area contributed by atoms with Crippen molar-refractivity contribution in [1.29, 1.82) is 0 Å². The maximum Gasteiger partial charge on any atom is 0.407 e. The lowest BCUT2D eigenvalue weighted by Gasteiger charge is -2.45. The van der Waals surface area contributed by atoms with Crippen LogP contribution in [0.1, 0.15) is 40.0 Å². The van der Waals surface area contributed by atoms with Gasteiger partial charge in [-0.1, -0.05) is 81.4 Å². The molecule has 7 heteroatoms. The Hall–Kier alpha value is -2.19. The minimum atomic E-state index is -2.70. The maximum atomic E-state index is 11.8. The van der Waals surface area contributed by atoms with E-state index in [0.29, 0.717) is 26.2 Å². The minimum absolute atomic E-state index is 0.130. The van der Waals surface area contributed by atoms with Gasteiger partial charge >= 0.3 is 6.09 Å². The normalized spacial score (nSPS) is 19.5. The van der Waals surface area contributed by atoms with Gasteiger partial charge in [0.2, 0.25) is 0 Å². The summed E-state index contributed by atoms with van der Waals surface area (Å²) >= 11 is 0.